The van der Waals surface area contributed by atoms with Crippen LogP contribution in [0.15, 0.2) is 42.5 Å². The van der Waals surface area contributed by atoms with Crippen LogP contribution in [0.2, 0.25) is 10.0 Å². The Morgan fingerprint density at radius 1 is 1.15 bits per heavy atom. The van der Waals surface area contributed by atoms with E-state index < -0.39 is 18.0 Å². The average molecular weight is 398 g/mol. The smallest absolute Gasteiger partial charge is 0.311 e. The average Bonchev–Trinajstić information content (AvgIpc) is 2.59. The number of halogens is 3. The predicted octanol–water partition coefficient (Wildman–Crippen LogP) is 3.97. The molecule has 0 saturated carbocycles. The summed E-state index contributed by atoms with van der Waals surface area (Å²) in [4.78, 5) is 24.0. The zero-order valence-electron chi connectivity index (χ0n) is 14.1. The summed E-state index contributed by atoms with van der Waals surface area (Å²) in [7, 11) is 0. The fourth-order valence-electron chi connectivity index (χ4n) is 2.24. The Labute approximate surface area is 161 Å². The number of carbonyl (C=O) groups is 2. The van der Waals surface area contributed by atoms with Gasteiger partial charge in [-0.05, 0) is 48.7 Å². The van der Waals surface area contributed by atoms with E-state index in [1.165, 1.54) is 25.1 Å². The van der Waals surface area contributed by atoms with Crippen molar-refractivity contribution in [1.82, 2.24) is 5.32 Å². The van der Waals surface area contributed by atoms with Gasteiger partial charge >= 0.3 is 5.97 Å². The molecule has 1 amide bonds. The van der Waals surface area contributed by atoms with Gasteiger partial charge < -0.3 is 10.1 Å². The maximum absolute atomic E-state index is 12.8. The van der Waals surface area contributed by atoms with E-state index in [1.807, 2.05) is 0 Å². The fraction of sp³-hybridized carbons (Fsp3) is 0.263. The van der Waals surface area contributed by atoms with Crippen LogP contribution in [0.5, 0.6) is 0 Å². The van der Waals surface area contributed by atoms with Gasteiger partial charge in [0, 0.05) is 16.6 Å². The van der Waals surface area contributed by atoms with Crippen LogP contribution in [0.1, 0.15) is 18.1 Å². The SMILES string of the molecule is C[C@@H](OC(=O)Cc1ccc(Cl)cc1Cl)C(=O)NCCc1ccc(F)cc1. The highest BCUT2D eigenvalue weighted by molar-refractivity contribution is 6.35. The Hall–Kier alpha value is -2.11. The van der Waals surface area contributed by atoms with Crippen LogP contribution in [0.4, 0.5) is 4.39 Å². The molecule has 0 unspecified atom stereocenters. The molecule has 7 heteroatoms. The monoisotopic (exact) mass is 397 g/mol. The quantitative estimate of drug-likeness (QED) is 0.719. The molecule has 2 rings (SSSR count). The predicted molar refractivity (Wildman–Crippen MR) is 98.8 cm³/mol. The van der Waals surface area contributed by atoms with Crippen molar-refractivity contribution >= 4 is 35.1 Å². The van der Waals surface area contributed by atoms with Crippen molar-refractivity contribution in [1.29, 1.82) is 0 Å². The largest absolute Gasteiger partial charge is 0.452 e. The normalized spacial score (nSPS) is 11.7. The molecule has 4 nitrogen and oxygen atoms in total. The van der Waals surface area contributed by atoms with Crippen LogP contribution >= 0.6 is 23.2 Å². The number of amides is 1. The number of benzene rings is 2. The van der Waals surface area contributed by atoms with Crippen molar-refractivity contribution in [3.63, 3.8) is 0 Å². The Bertz CT molecular complexity index is 781. The minimum absolute atomic E-state index is 0.0524. The first-order chi connectivity index (χ1) is 12.3. The number of hydrogen-bond donors (Lipinski definition) is 1. The van der Waals surface area contributed by atoms with Crippen molar-refractivity contribution in [2.75, 3.05) is 6.54 Å². The molecule has 0 aliphatic heterocycles. The number of nitrogens with one attached hydrogen (secondary N) is 1. The lowest BCUT2D eigenvalue weighted by atomic mass is 10.1. The molecule has 0 spiro atoms. The van der Waals surface area contributed by atoms with E-state index in [2.05, 4.69) is 5.32 Å². The highest BCUT2D eigenvalue weighted by Crippen LogP contribution is 2.21. The van der Waals surface area contributed by atoms with Gasteiger partial charge in [-0.15, -0.1) is 0 Å². The molecule has 0 aliphatic rings. The topological polar surface area (TPSA) is 55.4 Å². The van der Waals surface area contributed by atoms with Crippen molar-refractivity contribution in [2.45, 2.75) is 25.9 Å². The number of carbonyl (C=O) groups excluding carboxylic acids is 2. The molecule has 0 fully saturated rings. The molecule has 2 aromatic rings. The minimum atomic E-state index is -0.929. The van der Waals surface area contributed by atoms with E-state index in [4.69, 9.17) is 27.9 Å². The van der Waals surface area contributed by atoms with Gasteiger partial charge in [-0.3, -0.25) is 9.59 Å². The molecule has 0 radical (unpaired) electrons. The summed E-state index contributed by atoms with van der Waals surface area (Å²) in [5.74, 6) is -1.27. The molecule has 26 heavy (non-hydrogen) atoms. The first-order valence-electron chi connectivity index (χ1n) is 8.00. The van der Waals surface area contributed by atoms with Crippen LogP contribution in [0, 0.1) is 5.82 Å². The molecular weight excluding hydrogens is 380 g/mol. The van der Waals surface area contributed by atoms with Crippen molar-refractivity contribution in [3.8, 4) is 0 Å². The number of rotatable bonds is 7. The standard InChI is InChI=1S/C19H18Cl2FNO3/c1-12(19(25)23-9-8-13-2-6-16(22)7-3-13)26-18(24)10-14-4-5-15(20)11-17(14)21/h2-7,11-12H,8-10H2,1H3,(H,23,25)/t12-/m1/s1. The fourth-order valence-corrected chi connectivity index (χ4v) is 2.71. The van der Waals surface area contributed by atoms with E-state index in [-0.39, 0.29) is 12.2 Å². The summed E-state index contributed by atoms with van der Waals surface area (Å²) >= 11 is 11.8. The molecule has 138 valence electrons. The number of ether oxygens (including phenoxy) is 1. The lowest BCUT2D eigenvalue weighted by Gasteiger charge is -2.14. The summed E-state index contributed by atoms with van der Waals surface area (Å²) in [5.41, 5.74) is 1.47. The molecule has 0 heterocycles. The molecule has 1 atom stereocenters. The third-order valence-corrected chi connectivity index (χ3v) is 4.24. The second-order valence-corrected chi connectivity index (χ2v) is 6.56. The number of esters is 1. The van der Waals surface area contributed by atoms with Gasteiger partial charge in [0.2, 0.25) is 0 Å². The Balaban J connectivity index is 1.76. The summed E-state index contributed by atoms with van der Waals surface area (Å²) < 4.78 is 18.0. The van der Waals surface area contributed by atoms with Crippen LogP contribution in [-0.2, 0) is 27.2 Å². The third-order valence-electron chi connectivity index (χ3n) is 3.65. The van der Waals surface area contributed by atoms with E-state index in [9.17, 15) is 14.0 Å². The zero-order chi connectivity index (χ0) is 19.1. The van der Waals surface area contributed by atoms with Gasteiger partial charge in [0.25, 0.3) is 5.91 Å². The van der Waals surface area contributed by atoms with E-state index in [1.54, 1.807) is 24.3 Å². The third kappa shape index (κ3) is 6.32. The van der Waals surface area contributed by atoms with E-state index in [0.29, 0.717) is 28.6 Å². The van der Waals surface area contributed by atoms with Crippen LogP contribution < -0.4 is 5.32 Å². The maximum Gasteiger partial charge on any atom is 0.311 e. The summed E-state index contributed by atoms with van der Waals surface area (Å²) in [5, 5.41) is 3.52. The second-order valence-electron chi connectivity index (χ2n) is 5.71. The maximum atomic E-state index is 12.8. The lowest BCUT2D eigenvalue weighted by Crippen LogP contribution is -2.37. The summed E-state index contributed by atoms with van der Waals surface area (Å²) in [6.07, 6.45) is -0.433. The highest BCUT2D eigenvalue weighted by Gasteiger charge is 2.18. The lowest BCUT2D eigenvalue weighted by molar-refractivity contribution is -0.154. The highest BCUT2D eigenvalue weighted by atomic mass is 35.5. The van der Waals surface area contributed by atoms with Crippen LogP contribution in [0.3, 0.4) is 0 Å². The Morgan fingerprint density at radius 2 is 1.85 bits per heavy atom. The van der Waals surface area contributed by atoms with Crippen LogP contribution in [0.25, 0.3) is 0 Å². The zero-order valence-corrected chi connectivity index (χ0v) is 15.6. The van der Waals surface area contributed by atoms with Gasteiger partial charge in [0.05, 0.1) is 6.42 Å². The Morgan fingerprint density at radius 3 is 2.50 bits per heavy atom. The summed E-state index contributed by atoms with van der Waals surface area (Å²) in [6, 6.07) is 10.8. The molecule has 1 N–H and O–H groups in total. The molecule has 0 saturated heterocycles. The molecule has 0 bridgehead atoms. The van der Waals surface area contributed by atoms with E-state index in [0.717, 1.165) is 5.56 Å². The Kier molecular flexibility index (Phi) is 7.42. The van der Waals surface area contributed by atoms with Crippen molar-refractivity contribution < 1.29 is 18.7 Å². The minimum Gasteiger partial charge on any atom is -0.452 e. The number of hydrogen-bond acceptors (Lipinski definition) is 3. The van der Waals surface area contributed by atoms with Gasteiger partial charge in [-0.25, -0.2) is 4.39 Å². The van der Waals surface area contributed by atoms with Gasteiger partial charge in [-0.2, -0.15) is 0 Å². The van der Waals surface area contributed by atoms with Crippen molar-refractivity contribution in [3.05, 3.63) is 69.5 Å². The first kappa shape index (κ1) is 20.2. The van der Waals surface area contributed by atoms with Crippen LogP contribution in [-0.4, -0.2) is 24.5 Å². The van der Waals surface area contributed by atoms with Gasteiger partial charge in [0.15, 0.2) is 6.10 Å². The van der Waals surface area contributed by atoms with Gasteiger partial charge in [-0.1, -0.05) is 41.4 Å². The van der Waals surface area contributed by atoms with Gasteiger partial charge in [0.1, 0.15) is 5.82 Å². The van der Waals surface area contributed by atoms with Crippen molar-refractivity contribution in [2.24, 2.45) is 0 Å². The molecular formula is C19H18Cl2FNO3. The van der Waals surface area contributed by atoms with E-state index >= 15 is 0 Å². The second kappa shape index (κ2) is 9.55. The molecule has 0 aliphatic carbocycles. The first-order valence-corrected chi connectivity index (χ1v) is 8.76. The molecule has 0 aromatic heterocycles. The molecule has 2 aromatic carbocycles. The summed E-state index contributed by atoms with van der Waals surface area (Å²) in [6.45, 7) is 1.85.